The number of aromatic nitrogens is 3. The van der Waals surface area contributed by atoms with Crippen molar-refractivity contribution in [1.29, 1.82) is 0 Å². The molecule has 0 aliphatic carbocycles. The van der Waals surface area contributed by atoms with Gasteiger partial charge in [0, 0.05) is 31.7 Å². The Hall–Kier alpha value is -2.89. The Morgan fingerprint density at radius 2 is 1.97 bits per heavy atom. The fraction of sp³-hybridized carbons (Fsp3) is 0.333. The SMILES string of the molecule is CCNC(=NCc1ccc(NC(=O)c2ccco2)cc1)NCCn1cnnc1CC.I. The number of hydrogen-bond acceptors (Lipinski definition) is 5. The van der Waals surface area contributed by atoms with Crippen LogP contribution in [0.4, 0.5) is 5.69 Å². The molecule has 1 aromatic carbocycles. The van der Waals surface area contributed by atoms with E-state index in [1.54, 1.807) is 18.5 Å². The number of amides is 1. The molecule has 0 unspecified atom stereocenters. The molecule has 0 saturated heterocycles. The second kappa shape index (κ2) is 12.7. The Kier molecular flexibility index (Phi) is 10.0. The maximum Gasteiger partial charge on any atom is 0.291 e. The molecule has 166 valence electrons. The minimum Gasteiger partial charge on any atom is -0.459 e. The van der Waals surface area contributed by atoms with E-state index in [1.807, 2.05) is 35.8 Å². The third kappa shape index (κ3) is 7.39. The van der Waals surface area contributed by atoms with Crippen LogP contribution in [-0.4, -0.2) is 39.7 Å². The van der Waals surface area contributed by atoms with E-state index in [0.717, 1.165) is 36.9 Å². The van der Waals surface area contributed by atoms with E-state index in [-0.39, 0.29) is 35.6 Å². The Labute approximate surface area is 198 Å². The molecule has 0 bridgehead atoms. The second-order valence-electron chi connectivity index (χ2n) is 6.54. The van der Waals surface area contributed by atoms with E-state index in [9.17, 15) is 4.79 Å². The summed E-state index contributed by atoms with van der Waals surface area (Å²) in [5.41, 5.74) is 1.74. The van der Waals surface area contributed by atoms with Crippen molar-refractivity contribution in [2.24, 2.45) is 4.99 Å². The van der Waals surface area contributed by atoms with Gasteiger partial charge >= 0.3 is 0 Å². The summed E-state index contributed by atoms with van der Waals surface area (Å²) < 4.78 is 7.13. The first kappa shape index (κ1) is 24.4. The molecule has 0 aliphatic rings. The zero-order valence-electron chi connectivity index (χ0n) is 17.7. The number of halogens is 1. The molecule has 9 nitrogen and oxygen atoms in total. The van der Waals surface area contributed by atoms with Crippen molar-refractivity contribution in [3.8, 4) is 0 Å². The summed E-state index contributed by atoms with van der Waals surface area (Å²) in [4.78, 5) is 16.6. The topological polar surface area (TPSA) is 109 Å². The van der Waals surface area contributed by atoms with E-state index >= 15 is 0 Å². The van der Waals surface area contributed by atoms with Gasteiger partial charge in [0.25, 0.3) is 5.91 Å². The van der Waals surface area contributed by atoms with E-state index in [2.05, 4.69) is 38.1 Å². The number of nitrogens with one attached hydrogen (secondary N) is 3. The maximum atomic E-state index is 12.0. The van der Waals surface area contributed by atoms with Gasteiger partial charge in [0.1, 0.15) is 12.2 Å². The van der Waals surface area contributed by atoms with Crippen molar-refractivity contribution in [2.45, 2.75) is 33.4 Å². The predicted molar refractivity (Wildman–Crippen MR) is 131 cm³/mol. The smallest absolute Gasteiger partial charge is 0.291 e. The summed E-state index contributed by atoms with van der Waals surface area (Å²) in [6, 6.07) is 10.9. The summed E-state index contributed by atoms with van der Waals surface area (Å²) in [6.45, 7) is 6.88. The molecule has 0 fully saturated rings. The fourth-order valence-electron chi connectivity index (χ4n) is 2.84. The first-order valence-electron chi connectivity index (χ1n) is 10.0. The minimum absolute atomic E-state index is 0. The van der Waals surface area contributed by atoms with E-state index < -0.39 is 0 Å². The van der Waals surface area contributed by atoms with Crippen molar-refractivity contribution in [2.75, 3.05) is 18.4 Å². The Bertz CT molecular complexity index is 953. The largest absolute Gasteiger partial charge is 0.459 e. The predicted octanol–water partition coefficient (Wildman–Crippen LogP) is 3.06. The Morgan fingerprint density at radius 3 is 2.65 bits per heavy atom. The highest BCUT2D eigenvalue weighted by Gasteiger charge is 2.08. The number of aliphatic imine (C=N–C) groups is 1. The number of carbonyl (C=O) groups excluding carboxylic acids is 1. The van der Waals surface area contributed by atoms with Crippen molar-refractivity contribution in [1.82, 2.24) is 25.4 Å². The first-order chi connectivity index (χ1) is 14.7. The number of hydrogen-bond donors (Lipinski definition) is 3. The lowest BCUT2D eigenvalue weighted by Gasteiger charge is -2.12. The quantitative estimate of drug-likeness (QED) is 0.220. The first-order valence-corrected chi connectivity index (χ1v) is 10.0. The third-order valence-electron chi connectivity index (χ3n) is 4.38. The Morgan fingerprint density at radius 1 is 1.16 bits per heavy atom. The number of aryl methyl sites for hydroxylation is 1. The summed E-state index contributed by atoms with van der Waals surface area (Å²) in [5.74, 6) is 1.73. The van der Waals surface area contributed by atoms with Gasteiger partial charge in [-0.1, -0.05) is 19.1 Å². The number of carbonyl (C=O) groups is 1. The number of rotatable bonds is 9. The molecule has 0 spiro atoms. The molecular weight excluding hydrogens is 509 g/mol. The normalized spacial score (nSPS) is 11.0. The van der Waals surface area contributed by atoms with Crippen LogP contribution in [0.5, 0.6) is 0 Å². The molecular formula is C21H28IN7O2. The number of anilines is 1. The van der Waals surface area contributed by atoms with Gasteiger partial charge < -0.3 is 24.9 Å². The maximum absolute atomic E-state index is 12.0. The van der Waals surface area contributed by atoms with Crippen molar-refractivity contribution in [3.63, 3.8) is 0 Å². The number of nitrogens with zero attached hydrogens (tertiary/aromatic N) is 4. The van der Waals surface area contributed by atoms with E-state index in [0.29, 0.717) is 18.8 Å². The summed E-state index contributed by atoms with van der Waals surface area (Å²) in [5, 5.41) is 17.4. The molecule has 3 rings (SSSR count). The summed E-state index contributed by atoms with van der Waals surface area (Å²) in [7, 11) is 0. The number of benzene rings is 1. The lowest BCUT2D eigenvalue weighted by atomic mass is 10.2. The van der Waals surface area contributed by atoms with Gasteiger partial charge in [0.05, 0.1) is 12.8 Å². The van der Waals surface area contributed by atoms with Gasteiger partial charge in [-0.05, 0) is 36.8 Å². The van der Waals surface area contributed by atoms with Crippen molar-refractivity contribution < 1.29 is 9.21 Å². The molecule has 10 heteroatoms. The highest BCUT2D eigenvalue weighted by atomic mass is 127. The number of furan rings is 1. The van der Waals surface area contributed by atoms with Crippen LogP contribution in [-0.2, 0) is 19.5 Å². The van der Waals surface area contributed by atoms with Gasteiger partial charge in [-0.3, -0.25) is 4.79 Å². The monoisotopic (exact) mass is 537 g/mol. The lowest BCUT2D eigenvalue weighted by molar-refractivity contribution is 0.0996. The lowest BCUT2D eigenvalue weighted by Crippen LogP contribution is -2.38. The van der Waals surface area contributed by atoms with Crippen LogP contribution in [0.2, 0.25) is 0 Å². The van der Waals surface area contributed by atoms with Gasteiger partial charge in [-0.25, -0.2) is 4.99 Å². The summed E-state index contributed by atoms with van der Waals surface area (Å²) >= 11 is 0. The van der Waals surface area contributed by atoms with Crippen LogP contribution in [0, 0.1) is 0 Å². The van der Waals surface area contributed by atoms with Crippen LogP contribution in [0.25, 0.3) is 0 Å². The second-order valence-corrected chi connectivity index (χ2v) is 6.54. The van der Waals surface area contributed by atoms with Crippen LogP contribution in [0.15, 0.2) is 58.4 Å². The Balaban J connectivity index is 0.00000341. The average Bonchev–Trinajstić information content (AvgIpc) is 3.45. The van der Waals surface area contributed by atoms with Gasteiger partial charge in [-0.15, -0.1) is 34.2 Å². The molecule has 31 heavy (non-hydrogen) atoms. The molecule has 0 radical (unpaired) electrons. The average molecular weight is 537 g/mol. The highest BCUT2D eigenvalue weighted by molar-refractivity contribution is 14.0. The molecule has 0 atom stereocenters. The molecule has 0 aliphatic heterocycles. The molecule has 3 N–H and O–H groups in total. The van der Waals surface area contributed by atoms with Crippen LogP contribution in [0.1, 0.15) is 35.8 Å². The summed E-state index contributed by atoms with van der Waals surface area (Å²) in [6.07, 6.45) is 4.07. The molecule has 1 amide bonds. The van der Waals surface area contributed by atoms with Crippen molar-refractivity contribution >= 4 is 41.5 Å². The molecule has 2 aromatic heterocycles. The van der Waals surface area contributed by atoms with Crippen LogP contribution >= 0.6 is 24.0 Å². The van der Waals surface area contributed by atoms with Crippen LogP contribution < -0.4 is 16.0 Å². The van der Waals surface area contributed by atoms with Gasteiger partial charge in [-0.2, -0.15) is 0 Å². The number of guanidine groups is 1. The molecule has 2 heterocycles. The standard InChI is InChI=1S/C21H27N7O2.HI/c1-3-19-27-25-15-28(19)12-11-23-21(22-4-2)24-14-16-7-9-17(10-8-16)26-20(29)18-6-5-13-30-18;/h5-10,13,15H,3-4,11-12,14H2,1-2H3,(H,26,29)(H2,22,23,24);1H. The minimum atomic E-state index is -0.274. The van der Waals surface area contributed by atoms with Crippen LogP contribution in [0.3, 0.4) is 0 Å². The molecule has 3 aromatic rings. The van der Waals surface area contributed by atoms with E-state index in [1.165, 1.54) is 6.26 Å². The zero-order valence-corrected chi connectivity index (χ0v) is 20.0. The van der Waals surface area contributed by atoms with Gasteiger partial charge in [0.15, 0.2) is 11.7 Å². The zero-order chi connectivity index (χ0) is 21.2. The highest BCUT2D eigenvalue weighted by Crippen LogP contribution is 2.12. The van der Waals surface area contributed by atoms with Gasteiger partial charge in [0.2, 0.25) is 0 Å². The van der Waals surface area contributed by atoms with Crippen molar-refractivity contribution in [3.05, 3.63) is 66.1 Å². The fourth-order valence-corrected chi connectivity index (χ4v) is 2.84. The third-order valence-corrected chi connectivity index (χ3v) is 4.38. The molecule has 0 saturated carbocycles. The van der Waals surface area contributed by atoms with E-state index in [4.69, 9.17) is 4.42 Å².